The highest BCUT2D eigenvalue weighted by atomic mass is 16.6. The van der Waals surface area contributed by atoms with Crippen molar-refractivity contribution in [3.05, 3.63) is 0 Å². The van der Waals surface area contributed by atoms with Crippen molar-refractivity contribution in [1.29, 1.82) is 0 Å². The molecule has 8 heteroatoms. The van der Waals surface area contributed by atoms with Gasteiger partial charge >= 0.3 is 11.9 Å². The lowest BCUT2D eigenvalue weighted by atomic mass is 10.1. The lowest BCUT2D eigenvalue weighted by Crippen LogP contribution is -2.39. The standard InChI is InChI=1S/C12H18O8/c1-6(13)19-10(17)8(15)5-7(14)9(16)11(18)20-12(2,3)4/h9-10,16-17H,5H2,1-4H3. The highest BCUT2D eigenvalue weighted by molar-refractivity contribution is 6.10. The summed E-state index contributed by atoms with van der Waals surface area (Å²) in [7, 11) is 0. The quantitative estimate of drug-likeness (QED) is 0.366. The van der Waals surface area contributed by atoms with Gasteiger partial charge in [-0.3, -0.25) is 14.4 Å². The van der Waals surface area contributed by atoms with Gasteiger partial charge in [-0.25, -0.2) is 4.79 Å². The third-order valence-electron chi connectivity index (χ3n) is 1.84. The predicted octanol–water partition coefficient (Wildman–Crippen LogP) is -0.901. The van der Waals surface area contributed by atoms with E-state index in [4.69, 9.17) is 9.84 Å². The molecule has 2 unspecified atom stereocenters. The molecule has 8 nitrogen and oxygen atoms in total. The Balaban J connectivity index is 4.50. The van der Waals surface area contributed by atoms with Crippen LogP contribution in [0.3, 0.4) is 0 Å². The van der Waals surface area contributed by atoms with Gasteiger partial charge < -0.3 is 19.7 Å². The third kappa shape index (κ3) is 6.95. The zero-order valence-corrected chi connectivity index (χ0v) is 11.7. The van der Waals surface area contributed by atoms with E-state index in [2.05, 4.69) is 4.74 Å². The van der Waals surface area contributed by atoms with Gasteiger partial charge in [-0.2, -0.15) is 0 Å². The molecule has 0 aliphatic rings. The van der Waals surface area contributed by atoms with Crippen molar-refractivity contribution in [1.82, 2.24) is 0 Å². The van der Waals surface area contributed by atoms with E-state index >= 15 is 0 Å². The summed E-state index contributed by atoms with van der Waals surface area (Å²) in [6.45, 7) is 5.58. The van der Waals surface area contributed by atoms with E-state index in [1.165, 1.54) is 20.8 Å². The number of aliphatic hydroxyl groups excluding tert-OH is 2. The van der Waals surface area contributed by atoms with Gasteiger partial charge in [0.15, 0.2) is 5.78 Å². The number of Topliss-reactive ketones (excluding diaryl/α,β-unsaturated/α-hetero) is 2. The molecule has 0 aromatic rings. The largest absolute Gasteiger partial charge is 0.458 e. The molecule has 0 amide bonds. The molecule has 0 radical (unpaired) electrons. The van der Waals surface area contributed by atoms with E-state index in [0.717, 1.165) is 6.92 Å². The smallest absolute Gasteiger partial charge is 0.343 e. The van der Waals surface area contributed by atoms with Crippen molar-refractivity contribution in [2.45, 2.75) is 52.1 Å². The van der Waals surface area contributed by atoms with Crippen LogP contribution in [0.2, 0.25) is 0 Å². The van der Waals surface area contributed by atoms with Crippen LogP contribution in [-0.2, 0) is 28.7 Å². The van der Waals surface area contributed by atoms with Gasteiger partial charge in [0.05, 0.1) is 6.42 Å². The number of esters is 2. The maximum Gasteiger partial charge on any atom is 0.343 e. The van der Waals surface area contributed by atoms with Crippen LogP contribution in [0.1, 0.15) is 34.1 Å². The number of rotatable bonds is 6. The summed E-state index contributed by atoms with van der Waals surface area (Å²) in [4.78, 5) is 44.6. The van der Waals surface area contributed by atoms with E-state index in [1.807, 2.05) is 0 Å². The van der Waals surface area contributed by atoms with Crippen LogP contribution in [0, 0.1) is 0 Å². The van der Waals surface area contributed by atoms with Gasteiger partial charge in [0, 0.05) is 6.92 Å². The fraction of sp³-hybridized carbons (Fsp3) is 0.667. The predicted molar refractivity (Wildman–Crippen MR) is 64.3 cm³/mol. The minimum Gasteiger partial charge on any atom is -0.458 e. The molecule has 2 N–H and O–H groups in total. The van der Waals surface area contributed by atoms with Crippen LogP contribution < -0.4 is 0 Å². The van der Waals surface area contributed by atoms with Crippen LogP contribution in [-0.4, -0.2) is 51.7 Å². The van der Waals surface area contributed by atoms with Crippen LogP contribution >= 0.6 is 0 Å². The fourth-order valence-corrected chi connectivity index (χ4v) is 1.07. The van der Waals surface area contributed by atoms with Crippen LogP contribution in [0.5, 0.6) is 0 Å². The zero-order chi connectivity index (χ0) is 16.1. The maximum absolute atomic E-state index is 11.4. The molecule has 0 aromatic carbocycles. The van der Waals surface area contributed by atoms with Gasteiger partial charge in [-0.15, -0.1) is 0 Å². The first-order chi connectivity index (χ1) is 8.94. The van der Waals surface area contributed by atoms with Crippen LogP contribution in [0.4, 0.5) is 0 Å². The second kappa shape index (κ2) is 7.11. The van der Waals surface area contributed by atoms with Crippen LogP contribution in [0.15, 0.2) is 0 Å². The first kappa shape index (κ1) is 18.2. The first-order valence-corrected chi connectivity index (χ1v) is 5.75. The zero-order valence-electron chi connectivity index (χ0n) is 11.7. The monoisotopic (exact) mass is 290 g/mol. The summed E-state index contributed by atoms with van der Waals surface area (Å²) < 4.78 is 8.91. The highest BCUT2D eigenvalue weighted by Gasteiger charge is 2.32. The molecule has 20 heavy (non-hydrogen) atoms. The van der Waals surface area contributed by atoms with Gasteiger partial charge in [0.1, 0.15) is 5.60 Å². The minimum absolute atomic E-state index is 0.903. The van der Waals surface area contributed by atoms with Crippen LogP contribution in [0.25, 0.3) is 0 Å². The average molecular weight is 290 g/mol. The second-order valence-electron chi connectivity index (χ2n) is 5.01. The van der Waals surface area contributed by atoms with Crippen molar-refractivity contribution >= 4 is 23.5 Å². The lowest BCUT2D eigenvalue weighted by molar-refractivity contribution is -0.175. The Labute approximate surface area is 115 Å². The topological polar surface area (TPSA) is 127 Å². The summed E-state index contributed by atoms with van der Waals surface area (Å²) >= 11 is 0. The molecule has 0 aliphatic carbocycles. The molecule has 0 aromatic heterocycles. The van der Waals surface area contributed by atoms with E-state index in [9.17, 15) is 24.3 Å². The van der Waals surface area contributed by atoms with Crippen molar-refractivity contribution in [2.24, 2.45) is 0 Å². The fourth-order valence-electron chi connectivity index (χ4n) is 1.07. The van der Waals surface area contributed by atoms with E-state index < -0.39 is 47.9 Å². The first-order valence-electron chi connectivity index (χ1n) is 5.75. The van der Waals surface area contributed by atoms with Crippen molar-refractivity contribution in [3.8, 4) is 0 Å². The maximum atomic E-state index is 11.4. The summed E-state index contributed by atoms with van der Waals surface area (Å²) in [6.07, 6.45) is -5.21. The van der Waals surface area contributed by atoms with E-state index in [-0.39, 0.29) is 0 Å². The molecule has 0 rings (SSSR count). The Hall–Kier alpha value is -1.80. The van der Waals surface area contributed by atoms with Crippen molar-refractivity contribution in [2.75, 3.05) is 0 Å². The number of carbonyl (C=O) groups is 4. The normalized spacial score (nSPS) is 14.1. The van der Waals surface area contributed by atoms with Crippen molar-refractivity contribution in [3.63, 3.8) is 0 Å². The molecule has 0 saturated heterocycles. The Morgan fingerprint density at radius 3 is 1.95 bits per heavy atom. The summed E-state index contributed by atoms with van der Waals surface area (Å²) in [6, 6.07) is 0. The molecule has 0 bridgehead atoms. The van der Waals surface area contributed by atoms with Crippen molar-refractivity contribution < 1.29 is 38.9 Å². The average Bonchev–Trinajstić information content (AvgIpc) is 2.24. The second-order valence-corrected chi connectivity index (χ2v) is 5.01. The highest BCUT2D eigenvalue weighted by Crippen LogP contribution is 2.10. The van der Waals surface area contributed by atoms with Gasteiger partial charge in [-0.1, -0.05) is 0 Å². The molecular weight excluding hydrogens is 272 g/mol. The van der Waals surface area contributed by atoms with E-state index in [0.29, 0.717) is 0 Å². The number of hydrogen-bond acceptors (Lipinski definition) is 8. The number of ether oxygens (including phenoxy) is 2. The summed E-state index contributed by atoms with van der Waals surface area (Å²) in [5.41, 5.74) is -0.903. The van der Waals surface area contributed by atoms with Gasteiger partial charge in [0.2, 0.25) is 11.9 Å². The molecule has 0 fully saturated rings. The number of aliphatic hydroxyl groups is 2. The molecule has 2 atom stereocenters. The lowest BCUT2D eigenvalue weighted by Gasteiger charge is -2.21. The van der Waals surface area contributed by atoms with E-state index in [1.54, 1.807) is 0 Å². The Morgan fingerprint density at radius 1 is 1.05 bits per heavy atom. The molecule has 0 aliphatic heterocycles. The van der Waals surface area contributed by atoms with Gasteiger partial charge in [-0.05, 0) is 20.8 Å². The minimum atomic E-state index is -2.14. The number of carbonyl (C=O) groups excluding carboxylic acids is 4. The third-order valence-corrected chi connectivity index (χ3v) is 1.84. The Morgan fingerprint density at radius 2 is 1.55 bits per heavy atom. The molecule has 0 heterocycles. The van der Waals surface area contributed by atoms with Gasteiger partial charge in [0.25, 0.3) is 6.29 Å². The number of ketones is 2. The summed E-state index contributed by atoms with van der Waals surface area (Å²) in [5.74, 6) is -4.41. The molecule has 114 valence electrons. The SMILES string of the molecule is CC(=O)OC(O)C(=O)CC(=O)C(O)C(=O)OC(C)(C)C. The Bertz CT molecular complexity index is 406. The Kier molecular flexibility index (Phi) is 6.47. The molecule has 0 spiro atoms. The molecule has 0 saturated carbocycles. The number of hydrogen-bond donors (Lipinski definition) is 2. The summed E-state index contributed by atoms with van der Waals surface area (Å²) in [5, 5.41) is 18.5. The molecular formula is C12H18O8.